The van der Waals surface area contributed by atoms with Crippen LogP contribution < -0.4 is 74.9 Å². The number of phenolic OH excluding ortho intramolecular Hbond substituents is 1. The molecule has 4 rings (SSSR count). The van der Waals surface area contributed by atoms with Gasteiger partial charge in [0.15, 0.2) is 0 Å². The quantitative estimate of drug-likeness (QED) is 0.0234. The highest BCUT2D eigenvalue weighted by atomic mass is 32.1. The Hall–Kier alpha value is -11.2. The van der Waals surface area contributed by atoms with Gasteiger partial charge in [-0.05, 0) is 87.1 Å². The summed E-state index contributed by atoms with van der Waals surface area (Å²) in [7, 11) is 0. The minimum atomic E-state index is -1.87. The van der Waals surface area contributed by atoms with Crippen molar-refractivity contribution in [3.8, 4) is 5.75 Å². The third-order valence-corrected chi connectivity index (χ3v) is 18.5. The van der Waals surface area contributed by atoms with Crippen LogP contribution in [0.2, 0.25) is 0 Å². The average Bonchev–Trinajstić information content (AvgIpc) is 1.69. The number of para-hydroxylation sites is 1. The number of aliphatic hydroxyl groups excluding tert-OH is 2. The standard InChI is InChI=1S/C70H100N16O25S2/c1-32(2)56(68(108)78-43(19-22-54(96)97)62(102)82-47(30-112)64(104)75-34(5)58(98)81-46(29-87)63(103)85-57(33(3)4)70(110)111)84-51(91)28-73-50(90)27-74-59(99)44(24-36-13-15-38(89)16-14-36)79-61(101)41(17-20-52(92)93)76-60(100)42(18-21-53(94)95)77-66(106)49-12-9-23-86(49)69(109)45(25-37-26-72-40-11-8-7-10-39(37)40)80-65(105)48(31-113)83-67(107)55(71)35(6)88/h7-8,10-11,13-16,26,32-35,41-49,55-57,72,87-89,112-113H,9,12,17-25,27-31,71H2,1-6H3,(H,73,90)(H,74,99)(H,75,104)(H,76,100)(H,77,106)(H,78,108)(H,79,101)(H,80,105)(H,81,98)(H,82,102)(H,83,107)(H,84,91)(H,85,103)(H,92,93)(H,94,95)(H,96,97)(H,110,111)/t34-,35+,41-,42-,43-,44-,45-,46-,47-,48-,49-,55-,56-,57-/m0/s1. The van der Waals surface area contributed by atoms with Gasteiger partial charge in [0.05, 0.1) is 25.8 Å². The zero-order valence-electron chi connectivity index (χ0n) is 62.6. The first-order valence-corrected chi connectivity index (χ1v) is 37.1. The normalized spacial score (nSPS) is 16.0. The van der Waals surface area contributed by atoms with Crippen molar-refractivity contribution in [3.05, 3.63) is 65.9 Å². The number of aliphatic carboxylic acids is 4. The van der Waals surface area contributed by atoms with Crippen LogP contribution in [0, 0.1) is 11.8 Å². The van der Waals surface area contributed by atoms with E-state index in [-0.39, 0.29) is 42.9 Å². The number of phenols is 1. The maximum atomic E-state index is 14.8. The van der Waals surface area contributed by atoms with E-state index < -0.39 is 273 Å². The first-order chi connectivity index (χ1) is 53.2. The SMILES string of the molecule is CC(C)[C@H](NC(=O)[C@H](CO)NC(=O)[C@H](C)NC(=O)[C@H](CS)NC(=O)[C@H](CCC(=O)O)NC(=O)[C@@H](NC(=O)CNC(=O)CNC(=O)[C@H](Cc1ccc(O)cc1)NC(=O)[C@H](CCC(=O)O)NC(=O)[C@H](CCC(=O)O)NC(=O)[C@@H]1CCCN1C(=O)[C@H](Cc1c[nH]c2ccccc12)NC(=O)[C@H](CS)NC(=O)[C@@H](N)[C@@H](C)O)C(C)C)C(=O)O. The second-order valence-electron chi connectivity index (χ2n) is 27.3. The van der Waals surface area contributed by atoms with Gasteiger partial charge in [0, 0.05) is 67.3 Å². The number of nitrogens with zero attached hydrogens (tertiary/aromatic N) is 1. The summed E-state index contributed by atoms with van der Waals surface area (Å²) in [6.45, 7) is 5.52. The number of hydrogen-bond acceptors (Lipinski definition) is 24. The van der Waals surface area contributed by atoms with Crippen molar-refractivity contribution >= 4 is 143 Å². The topological polar surface area (TPSA) is 650 Å². The number of rotatable bonds is 47. The van der Waals surface area contributed by atoms with Crippen LogP contribution in [0.4, 0.5) is 0 Å². The summed E-state index contributed by atoms with van der Waals surface area (Å²) in [6.07, 6.45) is -4.32. The molecule has 14 amide bonds. The molecule has 1 aliphatic heterocycles. The van der Waals surface area contributed by atoms with Crippen molar-refractivity contribution in [2.75, 3.05) is 37.7 Å². The van der Waals surface area contributed by atoms with E-state index in [9.17, 15) is 122 Å². The van der Waals surface area contributed by atoms with Crippen LogP contribution in [0.1, 0.15) is 104 Å². The Labute approximate surface area is 658 Å². The minimum absolute atomic E-state index is 0.0227. The van der Waals surface area contributed by atoms with Gasteiger partial charge in [-0.15, -0.1) is 0 Å². The van der Waals surface area contributed by atoms with Crippen molar-refractivity contribution in [3.63, 3.8) is 0 Å². The Morgan fingerprint density at radius 3 is 1.50 bits per heavy atom. The molecule has 3 aromatic rings. The van der Waals surface area contributed by atoms with Crippen molar-refractivity contribution < 1.29 is 122 Å². The van der Waals surface area contributed by atoms with E-state index in [1.165, 1.54) is 58.9 Å². The number of amides is 14. The first-order valence-electron chi connectivity index (χ1n) is 35.9. The van der Waals surface area contributed by atoms with Crippen LogP contribution in [0.3, 0.4) is 0 Å². The van der Waals surface area contributed by atoms with Gasteiger partial charge in [0.25, 0.3) is 0 Å². The Morgan fingerprint density at radius 1 is 0.504 bits per heavy atom. The molecule has 1 fully saturated rings. The number of aliphatic hydroxyl groups is 2. The van der Waals surface area contributed by atoms with Gasteiger partial charge in [-0.1, -0.05) is 58.0 Å². The fourth-order valence-corrected chi connectivity index (χ4v) is 11.8. The highest BCUT2D eigenvalue weighted by molar-refractivity contribution is 7.80. The molecule has 41 nitrogen and oxygen atoms in total. The molecule has 43 heteroatoms. The molecule has 1 saturated heterocycles. The number of fused-ring (bicyclic) bond motifs is 1. The van der Waals surface area contributed by atoms with E-state index in [0.29, 0.717) is 16.5 Å². The lowest BCUT2D eigenvalue weighted by atomic mass is 10.0. The van der Waals surface area contributed by atoms with Gasteiger partial charge < -0.3 is 120 Å². The van der Waals surface area contributed by atoms with E-state index in [1.807, 2.05) is 0 Å². The lowest BCUT2D eigenvalue weighted by Crippen LogP contribution is -2.60. The molecular weight excluding hydrogens is 1530 g/mol. The second-order valence-corrected chi connectivity index (χ2v) is 28.0. The van der Waals surface area contributed by atoms with Gasteiger partial charge in [-0.25, -0.2) is 4.79 Å². The summed E-state index contributed by atoms with van der Waals surface area (Å²) in [4.78, 5) is 244. The number of carbonyl (C=O) groups is 18. The molecule has 2 aromatic carbocycles. The molecule has 0 bridgehead atoms. The molecule has 1 aliphatic rings. The summed E-state index contributed by atoms with van der Waals surface area (Å²) in [5.74, 6) is -22.6. The molecule has 2 heterocycles. The highest BCUT2D eigenvalue weighted by Gasteiger charge is 2.42. The zero-order valence-corrected chi connectivity index (χ0v) is 64.4. The summed E-state index contributed by atoms with van der Waals surface area (Å²) < 4.78 is 0. The predicted molar refractivity (Wildman–Crippen MR) is 404 cm³/mol. The third kappa shape index (κ3) is 30.4. The van der Waals surface area contributed by atoms with Crippen LogP contribution in [0.25, 0.3) is 10.9 Å². The smallest absolute Gasteiger partial charge is 0.326 e. The number of likely N-dealkylation sites (tertiary alicyclic amines) is 1. The van der Waals surface area contributed by atoms with Gasteiger partial charge in [-0.3, -0.25) is 81.5 Å². The van der Waals surface area contributed by atoms with Crippen LogP contribution >= 0.6 is 25.3 Å². The maximum Gasteiger partial charge on any atom is 0.326 e. The van der Waals surface area contributed by atoms with E-state index in [2.05, 4.69) is 99.4 Å². The number of aromatic nitrogens is 1. The number of aromatic hydroxyl groups is 1. The van der Waals surface area contributed by atoms with E-state index >= 15 is 0 Å². The molecule has 0 radical (unpaired) electrons. The van der Waals surface area contributed by atoms with Crippen LogP contribution in [-0.2, 0) is 99.1 Å². The van der Waals surface area contributed by atoms with Crippen LogP contribution in [0.5, 0.6) is 5.75 Å². The van der Waals surface area contributed by atoms with E-state index in [1.54, 1.807) is 30.5 Å². The summed E-state index contributed by atoms with van der Waals surface area (Å²) in [6, 6.07) is -8.13. The molecule has 0 spiro atoms. The maximum absolute atomic E-state index is 14.8. The van der Waals surface area contributed by atoms with Gasteiger partial charge in [0.2, 0.25) is 82.7 Å². The number of carboxylic acids is 4. The number of carbonyl (C=O) groups excluding carboxylic acids is 14. The lowest BCUT2D eigenvalue weighted by molar-refractivity contribution is -0.144. The number of thiol groups is 2. The first kappa shape index (κ1) is 94.2. The largest absolute Gasteiger partial charge is 0.508 e. The van der Waals surface area contributed by atoms with Gasteiger partial charge in [-0.2, -0.15) is 25.3 Å². The average molecular weight is 1630 g/mol. The Morgan fingerprint density at radius 2 is 0.973 bits per heavy atom. The van der Waals surface area contributed by atoms with Crippen LogP contribution in [-0.4, -0.2) is 275 Å². The molecule has 622 valence electrons. The zero-order chi connectivity index (χ0) is 84.7. The van der Waals surface area contributed by atoms with Crippen LogP contribution in [0.15, 0.2) is 54.7 Å². The molecule has 0 saturated carbocycles. The van der Waals surface area contributed by atoms with Crippen molar-refractivity contribution in [1.82, 2.24) is 79.0 Å². The second kappa shape index (κ2) is 46.0. The molecular formula is C70H100N16O25S2. The Kier molecular flexibility index (Phi) is 38.3. The third-order valence-electron chi connectivity index (χ3n) is 17.8. The fourth-order valence-electron chi connectivity index (χ4n) is 11.3. The monoisotopic (exact) mass is 1630 g/mol. The number of nitrogens with one attached hydrogen (secondary N) is 14. The predicted octanol–water partition coefficient (Wildman–Crippen LogP) is -6.21. The number of hydrogen-bond donors (Lipinski definition) is 24. The summed E-state index contributed by atoms with van der Waals surface area (Å²) in [5.41, 5.74) is 7.30. The Bertz CT molecular complexity index is 3920. The van der Waals surface area contributed by atoms with Gasteiger partial charge in [0.1, 0.15) is 84.3 Å². The van der Waals surface area contributed by atoms with Crippen molar-refractivity contribution in [2.24, 2.45) is 17.6 Å². The Balaban J connectivity index is 1.47. The highest BCUT2D eigenvalue weighted by Crippen LogP contribution is 2.24. The van der Waals surface area contributed by atoms with Crippen molar-refractivity contribution in [1.29, 1.82) is 0 Å². The van der Waals surface area contributed by atoms with E-state index in [0.717, 1.165) is 11.8 Å². The molecule has 14 atom stereocenters. The molecule has 113 heavy (non-hydrogen) atoms. The molecule has 1 aromatic heterocycles. The summed E-state index contributed by atoms with van der Waals surface area (Å²) >= 11 is 8.30. The number of nitrogens with two attached hydrogens (primary N) is 1. The number of aromatic amines is 1. The number of benzene rings is 2. The lowest BCUT2D eigenvalue weighted by Gasteiger charge is -2.31. The number of H-pyrrole nitrogens is 1. The fraction of sp³-hybridized carbons (Fsp3) is 0.543. The molecule has 0 aliphatic carbocycles. The molecule has 23 N–H and O–H groups in total. The minimum Gasteiger partial charge on any atom is -0.508 e. The molecule has 0 unspecified atom stereocenters. The number of carboxylic acid groups (broad SMARTS) is 4. The summed E-state index contributed by atoms with van der Waals surface area (Å²) in [5, 5.41) is 99.3. The van der Waals surface area contributed by atoms with E-state index in [4.69, 9.17) is 5.73 Å². The van der Waals surface area contributed by atoms with Gasteiger partial charge >= 0.3 is 23.9 Å². The van der Waals surface area contributed by atoms with Crippen molar-refractivity contribution in [2.45, 2.75) is 190 Å².